The zero-order chi connectivity index (χ0) is 23.8. The van der Waals surface area contributed by atoms with Gasteiger partial charge in [0.1, 0.15) is 0 Å². The summed E-state index contributed by atoms with van der Waals surface area (Å²) in [5.74, 6) is -0.192. The number of β-amino-alcohol motifs (C(OH)–C–C–N with tert-alkyl or cyclic N) is 1. The third-order valence-corrected chi connectivity index (χ3v) is 5.79. The van der Waals surface area contributed by atoms with Crippen LogP contribution >= 0.6 is 0 Å². The van der Waals surface area contributed by atoms with E-state index < -0.39 is 23.5 Å². The fourth-order valence-corrected chi connectivity index (χ4v) is 4.26. The van der Waals surface area contributed by atoms with Gasteiger partial charge in [-0.25, -0.2) is 0 Å². The monoisotopic (exact) mass is 469 g/mol. The highest BCUT2D eigenvalue weighted by molar-refractivity contribution is 6.07. The molecule has 2 aliphatic heterocycles. The normalized spacial score (nSPS) is 22.5. The lowest BCUT2D eigenvalue weighted by Gasteiger charge is -2.31. The Balaban J connectivity index is 1.64. The predicted octanol–water partition coefficient (Wildman–Crippen LogP) is 4.73. The third kappa shape index (κ3) is 4.91. The van der Waals surface area contributed by atoms with Gasteiger partial charge in [-0.15, -0.1) is 0 Å². The summed E-state index contributed by atoms with van der Waals surface area (Å²) >= 11 is 0. The van der Waals surface area contributed by atoms with Crippen LogP contribution < -0.4 is 5.32 Å². The largest absolute Gasteiger partial charge is 0.416 e. The summed E-state index contributed by atoms with van der Waals surface area (Å²) in [6.45, 7) is 0.977. The minimum Gasteiger partial charge on any atom is -0.394 e. The Hall–Kier alpha value is -2.85. The molecule has 0 aromatic heterocycles. The number of hydrogen-bond donors (Lipinski definition) is 2. The van der Waals surface area contributed by atoms with Gasteiger partial charge < -0.3 is 10.4 Å². The number of aliphatic hydroxyl groups excluding tert-OH is 1. The Morgan fingerprint density at radius 2 is 1.52 bits per heavy atom. The summed E-state index contributed by atoms with van der Waals surface area (Å²) < 4.78 is 77.4. The average Bonchev–Trinajstić information content (AvgIpc) is 3.12. The summed E-state index contributed by atoms with van der Waals surface area (Å²) in [7, 11) is 0. The Morgan fingerprint density at radius 1 is 0.939 bits per heavy atom. The lowest BCUT2D eigenvalue weighted by Crippen LogP contribution is -2.40. The van der Waals surface area contributed by atoms with Crippen LogP contribution in [0.3, 0.4) is 0 Å². The number of aliphatic hydroxyl groups is 1. The van der Waals surface area contributed by atoms with Gasteiger partial charge in [-0.2, -0.15) is 31.4 Å². The number of nitrogens with zero attached hydrogens (tertiary/aromatic N) is 2. The molecule has 0 amide bonds. The van der Waals surface area contributed by atoms with Crippen LogP contribution in [0.25, 0.3) is 6.08 Å². The number of rotatable bonds is 4. The van der Waals surface area contributed by atoms with Crippen molar-refractivity contribution in [1.29, 1.82) is 0 Å². The molecule has 0 bridgehead atoms. The van der Waals surface area contributed by atoms with E-state index in [0.717, 1.165) is 29.8 Å². The number of nitrogens with one attached hydrogen (secondary N) is 1. The van der Waals surface area contributed by atoms with Crippen molar-refractivity contribution in [1.82, 2.24) is 10.3 Å². The highest BCUT2D eigenvalue weighted by Crippen LogP contribution is 2.40. The number of hydrogen-bond acceptors (Lipinski definition) is 4. The van der Waals surface area contributed by atoms with Gasteiger partial charge in [0.15, 0.2) is 0 Å². The van der Waals surface area contributed by atoms with Crippen LogP contribution in [0.15, 0.2) is 59.2 Å². The van der Waals surface area contributed by atoms with Crippen LogP contribution in [0.2, 0.25) is 0 Å². The van der Waals surface area contributed by atoms with Crippen molar-refractivity contribution >= 4 is 11.8 Å². The van der Waals surface area contributed by atoms with E-state index in [1.54, 1.807) is 11.1 Å². The molecule has 33 heavy (non-hydrogen) atoms. The Bertz CT molecular complexity index is 1040. The van der Waals surface area contributed by atoms with E-state index in [-0.39, 0.29) is 25.1 Å². The van der Waals surface area contributed by atoms with Crippen molar-refractivity contribution in [3.63, 3.8) is 0 Å². The number of hydrazone groups is 1. The number of alkyl halides is 6. The molecule has 0 aliphatic carbocycles. The second-order valence-electron chi connectivity index (χ2n) is 7.96. The summed E-state index contributed by atoms with van der Waals surface area (Å²) in [5.41, 5.74) is 1.23. The molecule has 1 saturated heterocycles. The second-order valence-corrected chi connectivity index (χ2v) is 7.96. The average molecular weight is 469 g/mol. The molecule has 2 aromatic rings. The quantitative estimate of drug-likeness (QED) is 0.637. The topological polar surface area (TPSA) is 47.9 Å². The van der Waals surface area contributed by atoms with Crippen LogP contribution in [0, 0.1) is 5.92 Å². The van der Waals surface area contributed by atoms with Gasteiger partial charge in [0.05, 0.1) is 36.0 Å². The fourth-order valence-electron chi connectivity index (χ4n) is 4.26. The Morgan fingerprint density at radius 3 is 2.06 bits per heavy atom. The molecule has 2 aromatic carbocycles. The molecule has 176 valence electrons. The molecule has 1 fully saturated rings. The molecular weight excluding hydrogens is 448 g/mol. The minimum atomic E-state index is -4.44. The predicted molar refractivity (Wildman–Crippen MR) is 111 cm³/mol. The van der Waals surface area contributed by atoms with Crippen molar-refractivity contribution in [3.05, 3.63) is 76.4 Å². The van der Waals surface area contributed by atoms with Crippen LogP contribution in [-0.2, 0) is 12.4 Å². The van der Waals surface area contributed by atoms with Gasteiger partial charge in [0, 0.05) is 19.0 Å². The van der Waals surface area contributed by atoms with Crippen molar-refractivity contribution in [3.8, 4) is 0 Å². The van der Waals surface area contributed by atoms with E-state index in [9.17, 15) is 31.4 Å². The van der Waals surface area contributed by atoms with Crippen molar-refractivity contribution in [2.75, 3.05) is 26.2 Å². The second kappa shape index (κ2) is 8.83. The van der Waals surface area contributed by atoms with Crippen LogP contribution in [0.1, 0.15) is 28.3 Å². The molecule has 2 aliphatic rings. The van der Waals surface area contributed by atoms with Crippen molar-refractivity contribution in [2.45, 2.75) is 18.4 Å². The first-order chi connectivity index (χ1) is 15.6. The van der Waals surface area contributed by atoms with E-state index in [4.69, 9.17) is 0 Å². The fraction of sp³-hybridized carbons (Fsp3) is 0.348. The molecule has 4 nitrogen and oxygen atoms in total. The molecule has 10 heteroatoms. The molecule has 2 heterocycles. The van der Waals surface area contributed by atoms with Crippen LogP contribution in [-0.4, -0.2) is 42.1 Å². The first kappa shape index (κ1) is 23.3. The third-order valence-electron chi connectivity index (χ3n) is 5.79. The van der Waals surface area contributed by atoms with E-state index in [0.29, 0.717) is 29.9 Å². The molecule has 2 N–H and O–H groups in total. The zero-order valence-electron chi connectivity index (χ0n) is 17.3. The van der Waals surface area contributed by atoms with Crippen molar-refractivity contribution in [2.24, 2.45) is 11.0 Å². The molecular formula is C23H21F6N3O. The SMILES string of the molecule is OCCN1N=C2/C(=C\c3ccc(C(F)(F)F)cc3)CNCC2C1c1ccc(C(F)(F)F)cc1. The zero-order valence-corrected chi connectivity index (χ0v) is 17.3. The smallest absolute Gasteiger partial charge is 0.394 e. The van der Waals surface area contributed by atoms with Gasteiger partial charge >= 0.3 is 12.4 Å². The lowest BCUT2D eigenvalue weighted by atomic mass is 9.83. The highest BCUT2D eigenvalue weighted by atomic mass is 19.4. The van der Waals surface area contributed by atoms with Gasteiger partial charge in [-0.1, -0.05) is 24.3 Å². The summed E-state index contributed by atoms with van der Waals surface area (Å²) in [5, 5.41) is 19.1. The van der Waals surface area contributed by atoms with Crippen LogP contribution in [0.4, 0.5) is 26.3 Å². The number of piperidine rings is 1. The lowest BCUT2D eigenvalue weighted by molar-refractivity contribution is -0.138. The molecule has 0 radical (unpaired) electrons. The van der Waals surface area contributed by atoms with E-state index in [2.05, 4.69) is 10.4 Å². The highest BCUT2D eigenvalue weighted by Gasteiger charge is 2.41. The summed E-state index contributed by atoms with van der Waals surface area (Å²) in [4.78, 5) is 0. The number of fused-ring (bicyclic) bond motifs is 1. The molecule has 2 unspecified atom stereocenters. The molecule has 0 spiro atoms. The van der Waals surface area contributed by atoms with Gasteiger partial charge in [-0.05, 0) is 47.0 Å². The van der Waals surface area contributed by atoms with E-state index >= 15 is 0 Å². The standard InChI is InChI=1S/C23H21F6N3O/c24-22(25,26)17-5-1-14(2-6-17)11-16-12-30-13-19-20(16)31-32(9-10-33)21(19)15-3-7-18(8-4-15)23(27,28)29/h1-8,11,19,21,30,33H,9-10,12-13H2/b16-11-. The summed E-state index contributed by atoms with van der Waals surface area (Å²) in [6.07, 6.45) is -7.10. The van der Waals surface area contributed by atoms with Gasteiger partial charge in [0.2, 0.25) is 0 Å². The summed E-state index contributed by atoms with van der Waals surface area (Å²) in [6, 6.07) is 9.31. The minimum absolute atomic E-state index is 0.188. The Kier molecular flexibility index (Phi) is 6.24. The maximum Gasteiger partial charge on any atom is 0.416 e. The molecule has 4 rings (SSSR count). The van der Waals surface area contributed by atoms with Gasteiger partial charge in [0.25, 0.3) is 0 Å². The molecule has 0 saturated carbocycles. The maximum absolute atomic E-state index is 13.0. The van der Waals surface area contributed by atoms with E-state index in [1.807, 2.05) is 0 Å². The van der Waals surface area contributed by atoms with Crippen LogP contribution in [0.5, 0.6) is 0 Å². The van der Waals surface area contributed by atoms with Gasteiger partial charge in [-0.3, -0.25) is 5.01 Å². The Labute approximate surface area is 186 Å². The van der Waals surface area contributed by atoms with Crippen molar-refractivity contribution < 1.29 is 31.4 Å². The number of benzene rings is 2. The maximum atomic E-state index is 13.0. The first-order valence-corrected chi connectivity index (χ1v) is 10.3. The molecule has 2 atom stereocenters. The van der Waals surface area contributed by atoms with E-state index in [1.165, 1.54) is 24.3 Å². The first-order valence-electron chi connectivity index (χ1n) is 10.3. The number of halogens is 6.